The Morgan fingerprint density at radius 2 is 2.15 bits per heavy atom. The molecule has 1 aromatic carbocycles. The van der Waals surface area contributed by atoms with Gasteiger partial charge in [0.25, 0.3) is 5.91 Å². The maximum absolute atomic E-state index is 12.4. The number of thiophene rings is 1. The first kappa shape index (κ1) is 19.1. The molecule has 0 fully saturated rings. The number of carbonyl (C=O) groups is 2. The van der Waals surface area contributed by atoms with Gasteiger partial charge in [-0.3, -0.25) is 4.79 Å². The second-order valence-corrected chi connectivity index (χ2v) is 7.82. The molecule has 27 heavy (non-hydrogen) atoms. The number of hydrogen-bond donors (Lipinski definition) is 1. The number of nitrogens with one attached hydrogen (secondary N) is 1. The van der Waals surface area contributed by atoms with Gasteiger partial charge in [0.1, 0.15) is 11.1 Å². The molecule has 0 radical (unpaired) electrons. The average molecular weight is 416 g/mol. The monoisotopic (exact) mass is 415 g/mol. The number of amides is 1. The van der Waals surface area contributed by atoms with Gasteiger partial charge in [-0.1, -0.05) is 12.1 Å². The largest absolute Gasteiger partial charge is 0.452 e. The average Bonchev–Trinajstić information content (AvgIpc) is 3.36. The van der Waals surface area contributed by atoms with Gasteiger partial charge in [-0.05, 0) is 23.6 Å². The van der Waals surface area contributed by atoms with Crippen LogP contribution in [-0.4, -0.2) is 23.5 Å². The minimum atomic E-state index is -0.571. The highest BCUT2D eigenvalue weighted by Gasteiger charge is 2.16. The van der Waals surface area contributed by atoms with Crippen molar-refractivity contribution in [3.8, 4) is 6.07 Å². The maximum atomic E-state index is 12.4. The van der Waals surface area contributed by atoms with E-state index in [1.54, 1.807) is 29.1 Å². The van der Waals surface area contributed by atoms with E-state index in [0.29, 0.717) is 21.9 Å². The molecule has 0 saturated carbocycles. The summed E-state index contributed by atoms with van der Waals surface area (Å²) in [6, 6.07) is 10.7. The van der Waals surface area contributed by atoms with Gasteiger partial charge in [-0.25, -0.2) is 9.78 Å². The van der Waals surface area contributed by atoms with E-state index < -0.39 is 18.5 Å². The lowest BCUT2D eigenvalue weighted by Crippen LogP contribution is -2.21. The number of rotatable bonds is 7. The summed E-state index contributed by atoms with van der Waals surface area (Å²) < 4.78 is 5.13. The van der Waals surface area contributed by atoms with Crippen molar-refractivity contribution in [1.82, 2.24) is 4.98 Å². The molecule has 2 aromatic heterocycles. The minimum Gasteiger partial charge on any atom is -0.452 e. The number of anilines is 1. The minimum absolute atomic E-state index is 0.378. The fourth-order valence-corrected chi connectivity index (χ4v) is 4.45. The lowest BCUT2D eigenvalue weighted by atomic mass is 10.2. The zero-order chi connectivity index (χ0) is 19.1. The number of thiazole rings is 1. The van der Waals surface area contributed by atoms with Crippen molar-refractivity contribution >= 4 is 51.3 Å². The molecule has 0 saturated heterocycles. The van der Waals surface area contributed by atoms with Crippen LogP contribution in [0.1, 0.15) is 21.6 Å². The first-order valence-corrected chi connectivity index (χ1v) is 10.5. The Labute approximate surface area is 167 Å². The van der Waals surface area contributed by atoms with Crippen molar-refractivity contribution in [2.45, 2.75) is 10.6 Å². The molecule has 6 nitrogen and oxygen atoms in total. The number of benzene rings is 1. The summed E-state index contributed by atoms with van der Waals surface area (Å²) in [5.41, 5.74) is 3.49. The summed E-state index contributed by atoms with van der Waals surface area (Å²) in [5.74, 6) is -0.419. The van der Waals surface area contributed by atoms with Crippen molar-refractivity contribution in [1.29, 1.82) is 5.26 Å². The molecule has 1 N–H and O–H groups in total. The third kappa shape index (κ3) is 5.17. The molecular weight excluding hydrogens is 402 g/mol. The Hall–Kier alpha value is -2.67. The SMILES string of the molecule is N#Cc1ccsc1NC(=O)COC(=O)c1ccccc1SCc1cscn1. The quantitative estimate of drug-likeness (QED) is 0.460. The number of hydrogen-bond acceptors (Lipinski definition) is 8. The van der Waals surface area contributed by atoms with Crippen LogP contribution in [0.15, 0.2) is 51.5 Å². The summed E-state index contributed by atoms with van der Waals surface area (Å²) in [5, 5.41) is 15.6. The molecule has 9 heteroatoms. The van der Waals surface area contributed by atoms with Crippen LogP contribution in [0.2, 0.25) is 0 Å². The van der Waals surface area contributed by atoms with Gasteiger partial charge in [0, 0.05) is 16.0 Å². The molecule has 1 amide bonds. The lowest BCUT2D eigenvalue weighted by molar-refractivity contribution is -0.119. The third-order valence-electron chi connectivity index (χ3n) is 3.34. The Morgan fingerprint density at radius 3 is 2.93 bits per heavy atom. The molecule has 136 valence electrons. The van der Waals surface area contributed by atoms with Crippen LogP contribution in [0.3, 0.4) is 0 Å². The predicted octanol–water partition coefficient (Wildman–Crippen LogP) is 4.16. The summed E-state index contributed by atoms with van der Waals surface area (Å²) in [6.07, 6.45) is 0. The second kappa shape index (κ2) is 9.32. The van der Waals surface area contributed by atoms with Crippen LogP contribution in [0.5, 0.6) is 0 Å². The number of nitrogens with zero attached hydrogens (tertiary/aromatic N) is 2. The van der Waals surface area contributed by atoms with Crippen molar-refractivity contribution in [2.75, 3.05) is 11.9 Å². The first-order chi connectivity index (χ1) is 13.2. The number of esters is 1. The van der Waals surface area contributed by atoms with Crippen molar-refractivity contribution in [2.24, 2.45) is 0 Å². The fraction of sp³-hybridized carbons (Fsp3) is 0.111. The van der Waals surface area contributed by atoms with Gasteiger partial charge in [0.2, 0.25) is 0 Å². The van der Waals surface area contributed by atoms with Gasteiger partial charge < -0.3 is 10.1 Å². The molecule has 0 aliphatic heterocycles. The zero-order valence-electron chi connectivity index (χ0n) is 13.9. The number of carbonyl (C=O) groups excluding carboxylic acids is 2. The Balaban J connectivity index is 1.57. The predicted molar refractivity (Wildman–Crippen MR) is 106 cm³/mol. The van der Waals surface area contributed by atoms with Crippen LogP contribution in [-0.2, 0) is 15.3 Å². The Morgan fingerprint density at radius 1 is 1.30 bits per heavy atom. The molecule has 0 aliphatic carbocycles. The van der Waals surface area contributed by atoms with E-state index in [1.165, 1.54) is 34.4 Å². The molecule has 3 aromatic rings. The van der Waals surface area contributed by atoms with Crippen LogP contribution < -0.4 is 5.32 Å². The van der Waals surface area contributed by atoms with E-state index in [1.807, 2.05) is 23.6 Å². The second-order valence-electron chi connectivity index (χ2n) is 5.16. The van der Waals surface area contributed by atoms with Gasteiger partial charge in [0.15, 0.2) is 6.61 Å². The van der Waals surface area contributed by atoms with Gasteiger partial charge in [-0.15, -0.1) is 34.4 Å². The zero-order valence-corrected chi connectivity index (χ0v) is 16.3. The van der Waals surface area contributed by atoms with Gasteiger partial charge >= 0.3 is 5.97 Å². The summed E-state index contributed by atoms with van der Waals surface area (Å²) in [7, 11) is 0. The molecular formula is C18H13N3O3S3. The molecule has 3 rings (SSSR count). The Kier molecular flexibility index (Phi) is 6.59. The molecule has 0 spiro atoms. The van der Waals surface area contributed by atoms with E-state index in [0.717, 1.165) is 10.6 Å². The van der Waals surface area contributed by atoms with Crippen LogP contribution in [0.4, 0.5) is 5.00 Å². The smallest absolute Gasteiger partial charge is 0.339 e. The van der Waals surface area contributed by atoms with E-state index in [4.69, 9.17) is 10.00 Å². The fourth-order valence-electron chi connectivity index (χ4n) is 2.09. The van der Waals surface area contributed by atoms with Crippen LogP contribution >= 0.6 is 34.4 Å². The number of nitriles is 1. The highest BCUT2D eigenvalue weighted by molar-refractivity contribution is 7.98. The number of thioether (sulfide) groups is 1. The van der Waals surface area contributed by atoms with Gasteiger partial charge in [-0.2, -0.15) is 5.26 Å². The van der Waals surface area contributed by atoms with E-state index in [9.17, 15) is 9.59 Å². The normalized spacial score (nSPS) is 10.2. The standard InChI is InChI=1S/C18H13N3O3S3/c19-7-12-5-6-26-17(12)21-16(22)8-24-18(23)14-3-1-2-4-15(14)27-10-13-9-25-11-20-13/h1-6,9,11H,8,10H2,(H,21,22). The van der Waals surface area contributed by atoms with E-state index in [-0.39, 0.29) is 0 Å². The summed E-state index contributed by atoms with van der Waals surface area (Å²) in [6.45, 7) is -0.424. The van der Waals surface area contributed by atoms with Crippen molar-refractivity contribution in [3.63, 3.8) is 0 Å². The van der Waals surface area contributed by atoms with Crippen molar-refractivity contribution < 1.29 is 14.3 Å². The first-order valence-electron chi connectivity index (χ1n) is 7.71. The van der Waals surface area contributed by atoms with E-state index >= 15 is 0 Å². The topological polar surface area (TPSA) is 92.1 Å². The molecule has 0 bridgehead atoms. The highest BCUT2D eigenvalue weighted by atomic mass is 32.2. The lowest BCUT2D eigenvalue weighted by Gasteiger charge is -2.09. The molecule has 0 unspecified atom stereocenters. The maximum Gasteiger partial charge on any atom is 0.339 e. The molecule has 0 atom stereocenters. The molecule has 0 aliphatic rings. The highest BCUT2D eigenvalue weighted by Crippen LogP contribution is 2.27. The third-order valence-corrected chi connectivity index (χ3v) is 5.91. The van der Waals surface area contributed by atoms with Gasteiger partial charge in [0.05, 0.1) is 22.3 Å². The van der Waals surface area contributed by atoms with Crippen LogP contribution in [0.25, 0.3) is 0 Å². The molecule has 2 heterocycles. The number of aromatic nitrogens is 1. The number of ether oxygens (including phenoxy) is 1. The van der Waals surface area contributed by atoms with Crippen molar-refractivity contribution in [3.05, 3.63) is 63.4 Å². The summed E-state index contributed by atoms with van der Waals surface area (Å²) in [4.78, 5) is 29.3. The summed E-state index contributed by atoms with van der Waals surface area (Å²) >= 11 is 4.24. The van der Waals surface area contributed by atoms with Crippen LogP contribution in [0, 0.1) is 11.3 Å². The van der Waals surface area contributed by atoms with E-state index in [2.05, 4.69) is 10.3 Å². The Bertz CT molecular complexity index is 977.